The first kappa shape index (κ1) is 16.8. The van der Waals surface area contributed by atoms with Gasteiger partial charge in [-0.05, 0) is 23.3 Å². The lowest BCUT2D eigenvalue weighted by molar-refractivity contribution is -0.141. The molecule has 130 valence electrons. The molecule has 0 bridgehead atoms. The first-order chi connectivity index (χ1) is 12.1. The van der Waals surface area contributed by atoms with Crippen molar-refractivity contribution in [3.8, 4) is 11.5 Å². The summed E-state index contributed by atoms with van der Waals surface area (Å²) in [4.78, 5) is 23.7. The number of rotatable bonds is 6. The van der Waals surface area contributed by atoms with Crippen molar-refractivity contribution in [1.29, 1.82) is 0 Å². The Hall–Kier alpha value is -3.02. The summed E-state index contributed by atoms with van der Waals surface area (Å²) >= 11 is 0. The number of aliphatic carboxylic acids is 1. The van der Waals surface area contributed by atoms with Crippen LogP contribution < -0.4 is 14.8 Å². The summed E-state index contributed by atoms with van der Waals surface area (Å²) in [5.41, 5.74) is 1.60. The average molecular weight is 341 g/mol. The van der Waals surface area contributed by atoms with Crippen molar-refractivity contribution < 1.29 is 24.2 Å². The van der Waals surface area contributed by atoms with Gasteiger partial charge in [0.2, 0.25) is 5.91 Å². The summed E-state index contributed by atoms with van der Waals surface area (Å²) in [6.45, 7) is 0.980. The Morgan fingerprint density at radius 1 is 1.00 bits per heavy atom. The van der Waals surface area contributed by atoms with Crippen molar-refractivity contribution in [2.24, 2.45) is 0 Å². The maximum absolute atomic E-state index is 12.2. The first-order valence-electron chi connectivity index (χ1n) is 8.06. The molecule has 0 fully saturated rings. The van der Waals surface area contributed by atoms with Crippen LogP contribution in [0.3, 0.4) is 0 Å². The minimum Gasteiger partial charge on any atom is -0.486 e. The summed E-state index contributed by atoms with van der Waals surface area (Å²) in [5, 5.41) is 11.9. The van der Waals surface area contributed by atoms with Crippen LogP contribution in [-0.4, -0.2) is 36.2 Å². The van der Waals surface area contributed by atoms with E-state index in [1.165, 1.54) is 0 Å². The number of carbonyl (C=O) groups is 2. The fraction of sp³-hybridized carbons (Fsp3) is 0.263. The Balaban J connectivity index is 1.62. The lowest BCUT2D eigenvalue weighted by atomic mass is 10.1. The van der Waals surface area contributed by atoms with Gasteiger partial charge in [-0.15, -0.1) is 0 Å². The van der Waals surface area contributed by atoms with Gasteiger partial charge >= 0.3 is 5.97 Å². The number of hydrogen-bond acceptors (Lipinski definition) is 4. The van der Waals surface area contributed by atoms with E-state index in [9.17, 15) is 14.7 Å². The van der Waals surface area contributed by atoms with Gasteiger partial charge < -0.3 is 19.9 Å². The monoisotopic (exact) mass is 341 g/mol. The van der Waals surface area contributed by atoms with Crippen molar-refractivity contribution >= 4 is 11.9 Å². The molecule has 0 spiro atoms. The van der Waals surface area contributed by atoms with E-state index in [0.717, 1.165) is 11.1 Å². The van der Waals surface area contributed by atoms with Gasteiger partial charge in [0, 0.05) is 6.42 Å². The molecule has 0 saturated heterocycles. The van der Waals surface area contributed by atoms with E-state index in [1.54, 1.807) is 18.2 Å². The standard InChI is InChI=1S/C19H19NO5/c21-18(12-14-6-7-16-17(11-14)25-9-8-24-16)20-15(19(22)23)10-13-4-2-1-3-5-13/h1-7,11,15H,8-10,12H2,(H,20,21)(H,22,23)/t15-/m1/s1. The van der Waals surface area contributed by atoms with Gasteiger partial charge in [0.15, 0.2) is 11.5 Å². The van der Waals surface area contributed by atoms with Crippen molar-refractivity contribution in [3.05, 3.63) is 59.7 Å². The van der Waals surface area contributed by atoms with Gasteiger partial charge in [0.1, 0.15) is 19.3 Å². The Morgan fingerprint density at radius 2 is 1.72 bits per heavy atom. The Labute approximate surface area is 145 Å². The summed E-state index contributed by atoms with van der Waals surface area (Å²) in [5.74, 6) is -0.141. The summed E-state index contributed by atoms with van der Waals surface area (Å²) in [6.07, 6.45) is 0.318. The van der Waals surface area contributed by atoms with Gasteiger partial charge in [-0.2, -0.15) is 0 Å². The number of carboxylic acid groups (broad SMARTS) is 1. The number of amides is 1. The smallest absolute Gasteiger partial charge is 0.326 e. The lowest BCUT2D eigenvalue weighted by Gasteiger charge is -2.19. The van der Waals surface area contributed by atoms with Crippen LogP contribution in [0.4, 0.5) is 0 Å². The number of fused-ring (bicyclic) bond motifs is 1. The largest absolute Gasteiger partial charge is 0.486 e. The highest BCUT2D eigenvalue weighted by atomic mass is 16.6. The summed E-state index contributed by atoms with van der Waals surface area (Å²) < 4.78 is 10.9. The first-order valence-corrected chi connectivity index (χ1v) is 8.06. The minimum atomic E-state index is -1.06. The second-order valence-electron chi connectivity index (χ2n) is 5.80. The average Bonchev–Trinajstić information content (AvgIpc) is 2.62. The van der Waals surface area contributed by atoms with Crippen LogP contribution in [0.5, 0.6) is 11.5 Å². The van der Waals surface area contributed by atoms with Crippen molar-refractivity contribution in [1.82, 2.24) is 5.32 Å². The third-order valence-corrected chi connectivity index (χ3v) is 3.89. The highest BCUT2D eigenvalue weighted by Crippen LogP contribution is 2.30. The van der Waals surface area contributed by atoms with E-state index in [-0.39, 0.29) is 18.7 Å². The maximum Gasteiger partial charge on any atom is 0.326 e. The molecule has 6 nitrogen and oxygen atoms in total. The van der Waals surface area contributed by atoms with Gasteiger partial charge in [-0.1, -0.05) is 36.4 Å². The number of nitrogens with one attached hydrogen (secondary N) is 1. The molecule has 25 heavy (non-hydrogen) atoms. The van der Waals surface area contributed by atoms with Gasteiger partial charge in [-0.25, -0.2) is 4.79 Å². The SMILES string of the molecule is O=C(Cc1ccc2c(c1)OCCO2)N[C@H](Cc1ccccc1)C(=O)O. The molecule has 2 aromatic rings. The quantitative estimate of drug-likeness (QED) is 0.837. The van der Waals surface area contributed by atoms with Crippen LogP contribution in [0.2, 0.25) is 0 Å². The molecule has 0 saturated carbocycles. The van der Waals surface area contributed by atoms with Crippen molar-refractivity contribution in [2.45, 2.75) is 18.9 Å². The van der Waals surface area contributed by atoms with Crippen LogP contribution >= 0.6 is 0 Å². The Kier molecular flexibility index (Phi) is 5.18. The molecule has 2 N–H and O–H groups in total. The fourth-order valence-corrected chi connectivity index (χ4v) is 2.68. The van der Waals surface area contributed by atoms with Crippen LogP contribution in [0.25, 0.3) is 0 Å². The number of carbonyl (C=O) groups excluding carboxylic acids is 1. The third kappa shape index (κ3) is 4.50. The van der Waals surface area contributed by atoms with Gasteiger partial charge in [-0.3, -0.25) is 4.79 Å². The van der Waals surface area contributed by atoms with E-state index >= 15 is 0 Å². The van der Waals surface area contributed by atoms with Gasteiger partial charge in [0.25, 0.3) is 0 Å². The van der Waals surface area contributed by atoms with E-state index in [0.29, 0.717) is 24.7 Å². The Morgan fingerprint density at radius 3 is 2.44 bits per heavy atom. The molecule has 0 radical (unpaired) electrons. The van der Waals surface area contributed by atoms with Gasteiger partial charge in [0.05, 0.1) is 6.42 Å². The van der Waals surface area contributed by atoms with Crippen molar-refractivity contribution in [2.75, 3.05) is 13.2 Å². The molecule has 1 heterocycles. The number of benzene rings is 2. The zero-order chi connectivity index (χ0) is 17.6. The molecule has 0 aromatic heterocycles. The minimum absolute atomic E-state index is 0.0786. The number of carboxylic acids is 1. The molecule has 6 heteroatoms. The predicted molar refractivity (Wildman–Crippen MR) is 90.8 cm³/mol. The van der Waals surface area contributed by atoms with Crippen LogP contribution in [0.1, 0.15) is 11.1 Å². The van der Waals surface area contributed by atoms with Crippen LogP contribution in [0.15, 0.2) is 48.5 Å². The zero-order valence-corrected chi connectivity index (χ0v) is 13.6. The zero-order valence-electron chi connectivity index (χ0n) is 13.6. The maximum atomic E-state index is 12.2. The molecule has 1 amide bonds. The van der Waals surface area contributed by atoms with E-state index in [2.05, 4.69) is 5.32 Å². The Bertz CT molecular complexity index is 760. The molecular weight excluding hydrogens is 322 g/mol. The molecule has 0 aliphatic carbocycles. The predicted octanol–water partition coefficient (Wildman–Crippen LogP) is 1.81. The van der Waals surface area contributed by atoms with Crippen molar-refractivity contribution in [3.63, 3.8) is 0 Å². The van der Waals surface area contributed by atoms with Crippen LogP contribution in [-0.2, 0) is 22.4 Å². The number of ether oxygens (including phenoxy) is 2. The van der Waals surface area contributed by atoms with E-state index in [4.69, 9.17) is 9.47 Å². The molecule has 0 unspecified atom stereocenters. The lowest BCUT2D eigenvalue weighted by Crippen LogP contribution is -2.43. The third-order valence-electron chi connectivity index (χ3n) is 3.89. The molecule has 1 aliphatic heterocycles. The topological polar surface area (TPSA) is 84.9 Å². The second-order valence-corrected chi connectivity index (χ2v) is 5.80. The molecule has 1 atom stereocenters. The summed E-state index contributed by atoms with van der Waals surface area (Å²) in [7, 11) is 0. The van der Waals surface area contributed by atoms with E-state index in [1.807, 2.05) is 30.3 Å². The molecule has 3 rings (SSSR count). The summed E-state index contributed by atoms with van der Waals surface area (Å²) in [6, 6.07) is 13.5. The van der Waals surface area contributed by atoms with E-state index < -0.39 is 12.0 Å². The fourth-order valence-electron chi connectivity index (χ4n) is 2.68. The second kappa shape index (κ2) is 7.70. The molecule has 2 aromatic carbocycles. The van der Waals surface area contributed by atoms with Crippen LogP contribution in [0, 0.1) is 0 Å². The normalized spacial score (nSPS) is 13.8. The number of hydrogen-bond donors (Lipinski definition) is 2. The highest BCUT2D eigenvalue weighted by molar-refractivity contribution is 5.85. The molecule has 1 aliphatic rings. The highest BCUT2D eigenvalue weighted by Gasteiger charge is 2.21. The molecular formula is C19H19NO5.